The van der Waals surface area contributed by atoms with Crippen molar-refractivity contribution in [3.05, 3.63) is 29.8 Å². The Morgan fingerprint density at radius 1 is 1.45 bits per heavy atom. The third-order valence-corrected chi connectivity index (χ3v) is 1.36. The van der Waals surface area contributed by atoms with Gasteiger partial charge in [0.05, 0.1) is 5.69 Å². The molecule has 3 nitrogen and oxygen atoms in total. The van der Waals surface area contributed by atoms with Crippen LogP contribution in [0.1, 0.15) is 5.56 Å². The second kappa shape index (κ2) is 3.61. The number of anilines is 1. The van der Waals surface area contributed by atoms with Crippen molar-refractivity contribution in [3.8, 4) is 0 Å². The molecule has 0 aliphatic heterocycles. The van der Waals surface area contributed by atoms with Gasteiger partial charge in [-0.05, 0) is 18.6 Å². The summed E-state index contributed by atoms with van der Waals surface area (Å²) in [6.07, 6.45) is 0. The number of nitrogens with one attached hydrogen (secondary N) is 1. The standard InChI is InChI=1S/C8H9NO2/c1-7-4-2-3-5-8(7)9-11-6-10/h2-6,9H,1H3. The lowest BCUT2D eigenvalue weighted by Gasteiger charge is -2.04. The van der Waals surface area contributed by atoms with Gasteiger partial charge in [-0.3, -0.25) is 4.79 Å². The fraction of sp³-hybridized carbons (Fsp3) is 0.125. The van der Waals surface area contributed by atoms with Crippen molar-refractivity contribution >= 4 is 12.2 Å². The summed E-state index contributed by atoms with van der Waals surface area (Å²) >= 11 is 0. The second-order valence-electron chi connectivity index (χ2n) is 2.13. The maximum Gasteiger partial charge on any atom is 0.320 e. The second-order valence-corrected chi connectivity index (χ2v) is 2.13. The number of rotatable bonds is 3. The van der Waals surface area contributed by atoms with Gasteiger partial charge in [0.2, 0.25) is 0 Å². The van der Waals surface area contributed by atoms with Crippen molar-refractivity contribution < 1.29 is 9.63 Å². The zero-order valence-corrected chi connectivity index (χ0v) is 6.20. The number of carbonyl (C=O) groups is 1. The lowest BCUT2D eigenvalue weighted by molar-refractivity contribution is -0.126. The number of carbonyl (C=O) groups excluding carboxylic acids is 1. The lowest BCUT2D eigenvalue weighted by atomic mass is 10.2. The molecule has 0 radical (unpaired) electrons. The molecular weight excluding hydrogens is 142 g/mol. The van der Waals surface area contributed by atoms with Crippen molar-refractivity contribution in [1.82, 2.24) is 0 Å². The van der Waals surface area contributed by atoms with E-state index >= 15 is 0 Å². The first-order valence-electron chi connectivity index (χ1n) is 3.25. The fourth-order valence-electron chi connectivity index (χ4n) is 0.775. The molecule has 0 aliphatic carbocycles. The van der Waals surface area contributed by atoms with Crippen LogP contribution in [-0.2, 0) is 9.63 Å². The first-order valence-corrected chi connectivity index (χ1v) is 3.25. The first-order chi connectivity index (χ1) is 5.34. The summed E-state index contributed by atoms with van der Waals surface area (Å²) < 4.78 is 0. The van der Waals surface area contributed by atoms with Crippen LogP contribution in [0.15, 0.2) is 24.3 Å². The highest BCUT2D eigenvalue weighted by molar-refractivity contribution is 5.51. The van der Waals surface area contributed by atoms with Crippen LogP contribution in [0.2, 0.25) is 0 Å². The van der Waals surface area contributed by atoms with Gasteiger partial charge < -0.3 is 4.84 Å². The topological polar surface area (TPSA) is 38.3 Å². The minimum Gasteiger partial charge on any atom is -0.347 e. The molecule has 0 spiro atoms. The molecule has 1 N–H and O–H groups in total. The number of benzene rings is 1. The highest BCUT2D eigenvalue weighted by atomic mass is 16.7. The molecule has 58 valence electrons. The molecule has 0 aromatic heterocycles. The Morgan fingerprint density at radius 2 is 2.18 bits per heavy atom. The van der Waals surface area contributed by atoms with Crippen LogP contribution in [0.5, 0.6) is 0 Å². The summed E-state index contributed by atoms with van der Waals surface area (Å²) in [6.45, 7) is 2.28. The van der Waals surface area contributed by atoms with E-state index in [0.717, 1.165) is 11.3 Å². The molecule has 0 bridgehead atoms. The lowest BCUT2D eigenvalue weighted by Crippen LogP contribution is -1.99. The van der Waals surface area contributed by atoms with Gasteiger partial charge in [-0.1, -0.05) is 18.2 Å². The van der Waals surface area contributed by atoms with Gasteiger partial charge in [0.25, 0.3) is 0 Å². The Kier molecular flexibility index (Phi) is 2.49. The van der Waals surface area contributed by atoms with Crippen molar-refractivity contribution in [2.24, 2.45) is 0 Å². The number of para-hydroxylation sites is 1. The van der Waals surface area contributed by atoms with E-state index in [9.17, 15) is 4.79 Å². The van der Waals surface area contributed by atoms with E-state index in [-0.39, 0.29) is 0 Å². The summed E-state index contributed by atoms with van der Waals surface area (Å²) in [5.74, 6) is 0. The van der Waals surface area contributed by atoms with E-state index < -0.39 is 0 Å². The van der Waals surface area contributed by atoms with Gasteiger partial charge in [-0.2, -0.15) is 0 Å². The van der Waals surface area contributed by atoms with Gasteiger partial charge in [-0.25, -0.2) is 5.48 Å². The Balaban J connectivity index is 2.69. The number of hydrogen-bond acceptors (Lipinski definition) is 3. The van der Waals surface area contributed by atoms with Crippen LogP contribution in [0.25, 0.3) is 0 Å². The molecule has 1 rings (SSSR count). The number of aryl methyl sites for hydroxylation is 1. The van der Waals surface area contributed by atoms with Crippen LogP contribution in [0, 0.1) is 6.92 Å². The average molecular weight is 151 g/mol. The molecule has 0 fully saturated rings. The summed E-state index contributed by atoms with van der Waals surface area (Å²) in [5.41, 5.74) is 4.34. The molecule has 0 aliphatic rings. The van der Waals surface area contributed by atoms with E-state index in [4.69, 9.17) is 0 Å². The molecule has 0 saturated carbocycles. The molecule has 0 saturated heterocycles. The zero-order chi connectivity index (χ0) is 8.10. The molecular formula is C8H9NO2. The van der Waals surface area contributed by atoms with E-state index in [1.807, 2.05) is 31.2 Å². The maximum absolute atomic E-state index is 9.80. The van der Waals surface area contributed by atoms with Gasteiger partial charge in [-0.15, -0.1) is 0 Å². The van der Waals surface area contributed by atoms with E-state index in [0.29, 0.717) is 6.47 Å². The summed E-state index contributed by atoms with van der Waals surface area (Å²) in [7, 11) is 0. The van der Waals surface area contributed by atoms with E-state index in [1.54, 1.807) is 0 Å². The molecule has 1 aromatic rings. The Bertz CT molecular complexity index is 248. The third kappa shape index (κ3) is 1.97. The molecule has 3 heteroatoms. The van der Waals surface area contributed by atoms with Gasteiger partial charge in [0, 0.05) is 0 Å². The molecule has 1 aromatic carbocycles. The summed E-state index contributed by atoms with van der Waals surface area (Å²) in [4.78, 5) is 14.2. The Hall–Kier alpha value is -1.51. The van der Waals surface area contributed by atoms with Crippen LogP contribution in [0.4, 0.5) is 5.69 Å². The smallest absolute Gasteiger partial charge is 0.320 e. The Labute approximate surface area is 64.9 Å². The van der Waals surface area contributed by atoms with Crippen molar-refractivity contribution in [3.63, 3.8) is 0 Å². The highest BCUT2D eigenvalue weighted by Gasteiger charge is 1.93. The minimum absolute atomic E-state index is 0.354. The molecule has 0 unspecified atom stereocenters. The van der Waals surface area contributed by atoms with E-state index in [1.165, 1.54) is 0 Å². The third-order valence-electron chi connectivity index (χ3n) is 1.36. The fourth-order valence-corrected chi connectivity index (χ4v) is 0.775. The SMILES string of the molecule is Cc1ccccc1NOC=O. The maximum atomic E-state index is 9.80. The highest BCUT2D eigenvalue weighted by Crippen LogP contribution is 2.11. The van der Waals surface area contributed by atoms with Gasteiger partial charge in [0.1, 0.15) is 0 Å². The molecule has 0 heterocycles. The normalized spacial score (nSPS) is 8.82. The zero-order valence-electron chi connectivity index (χ0n) is 6.20. The van der Waals surface area contributed by atoms with Crippen molar-refractivity contribution in [2.75, 3.05) is 5.48 Å². The summed E-state index contributed by atoms with van der Waals surface area (Å²) in [5, 5.41) is 0. The van der Waals surface area contributed by atoms with Gasteiger partial charge in [0.15, 0.2) is 0 Å². The predicted octanol–water partition coefficient (Wildman–Crippen LogP) is 1.49. The van der Waals surface area contributed by atoms with Crippen molar-refractivity contribution in [1.29, 1.82) is 0 Å². The van der Waals surface area contributed by atoms with E-state index in [2.05, 4.69) is 10.3 Å². The molecule has 11 heavy (non-hydrogen) atoms. The van der Waals surface area contributed by atoms with Crippen LogP contribution < -0.4 is 5.48 Å². The predicted molar refractivity (Wildman–Crippen MR) is 42.0 cm³/mol. The summed E-state index contributed by atoms with van der Waals surface area (Å²) in [6, 6.07) is 7.54. The van der Waals surface area contributed by atoms with Crippen LogP contribution in [-0.4, -0.2) is 6.47 Å². The van der Waals surface area contributed by atoms with Crippen LogP contribution >= 0.6 is 0 Å². The average Bonchev–Trinajstić information content (AvgIpc) is 2.03. The van der Waals surface area contributed by atoms with Crippen molar-refractivity contribution in [2.45, 2.75) is 6.92 Å². The first kappa shape index (κ1) is 7.60. The monoisotopic (exact) mass is 151 g/mol. The largest absolute Gasteiger partial charge is 0.347 e. The Morgan fingerprint density at radius 3 is 2.82 bits per heavy atom. The molecule has 0 atom stereocenters. The van der Waals surface area contributed by atoms with Gasteiger partial charge >= 0.3 is 6.47 Å². The quantitative estimate of drug-likeness (QED) is 0.525. The molecule has 0 amide bonds. The van der Waals surface area contributed by atoms with Crippen LogP contribution in [0.3, 0.4) is 0 Å². The minimum atomic E-state index is 0.354. The number of hydrogen-bond donors (Lipinski definition) is 1.